The Morgan fingerprint density at radius 2 is 2.17 bits per heavy atom. The molecule has 0 amide bonds. The fraction of sp³-hybridized carbons (Fsp3) is 1.00. The van der Waals surface area contributed by atoms with Crippen LogP contribution in [0.1, 0.15) is 0 Å². The van der Waals surface area contributed by atoms with Gasteiger partial charge in [0.05, 0.1) is 7.14 Å². The van der Waals surface area contributed by atoms with Gasteiger partial charge in [-0.3, -0.25) is 0 Å². The molecule has 1 fully saturated rings. The van der Waals surface area contributed by atoms with E-state index in [9.17, 15) is 4.57 Å². The molecule has 1 unspecified atom stereocenters. The van der Waals surface area contributed by atoms with E-state index in [-0.39, 0.29) is 0 Å². The Balaban J connectivity index is 2.64. The molecule has 1 nitrogen and oxygen atoms in total. The van der Waals surface area contributed by atoms with Crippen LogP contribution < -0.4 is 0 Å². The highest BCUT2D eigenvalue weighted by atomic mass is 31.2. The first-order valence-corrected chi connectivity index (χ1v) is 4.60. The Hall–Kier alpha value is 0.295. The molecule has 1 aliphatic rings. The first-order chi connectivity index (χ1) is 2.63. The van der Waals surface area contributed by atoms with Crippen LogP contribution in [0.5, 0.6) is 0 Å². The van der Waals surface area contributed by atoms with E-state index in [1.54, 1.807) is 0 Å². The molecular weight excluding hydrogens is 93.8 g/mol. The normalized spacial score (nSPS) is 55.2. The van der Waals surface area contributed by atoms with Crippen molar-refractivity contribution in [2.24, 2.45) is 0 Å². The summed E-state index contributed by atoms with van der Waals surface area (Å²) in [6.45, 7) is 1.87. The van der Waals surface area contributed by atoms with Gasteiger partial charge in [0, 0.05) is 6.16 Å². The minimum atomic E-state index is -1.48. The van der Waals surface area contributed by atoms with Crippen LogP contribution in [0.25, 0.3) is 0 Å². The lowest BCUT2D eigenvalue weighted by Crippen LogP contribution is -1.73. The summed E-state index contributed by atoms with van der Waals surface area (Å²) in [5, 5.41) is 0. The van der Waals surface area contributed by atoms with Gasteiger partial charge in [0.1, 0.15) is 7.85 Å². The van der Waals surface area contributed by atoms with Crippen LogP contribution in [-0.2, 0) is 4.57 Å². The van der Waals surface area contributed by atoms with Crippen LogP contribution in [-0.4, -0.2) is 26.2 Å². The van der Waals surface area contributed by atoms with Crippen LogP contribution >= 0.6 is 7.14 Å². The zero-order valence-corrected chi connectivity index (χ0v) is 5.03. The fourth-order valence-electron chi connectivity index (χ4n) is 0.478. The predicted molar refractivity (Wildman–Crippen MR) is 30.7 cm³/mol. The van der Waals surface area contributed by atoms with Crippen molar-refractivity contribution < 1.29 is 4.57 Å². The summed E-state index contributed by atoms with van der Waals surface area (Å²) in [7, 11) is 0.563. The molecule has 0 spiro atoms. The lowest BCUT2D eigenvalue weighted by Gasteiger charge is -1.73. The highest BCUT2D eigenvalue weighted by Gasteiger charge is 2.40. The third-order valence-electron chi connectivity index (χ3n) is 1.43. The van der Waals surface area contributed by atoms with E-state index >= 15 is 0 Å². The molecule has 0 aromatic rings. The maximum Gasteiger partial charge on any atom is 0.115 e. The van der Waals surface area contributed by atoms with E-state index in [0.717, 1.165) is 6.16 Å². The summed E-state index contributed by atoms with van der Waals surface area (Å²) in [4.78, 5) is 0. The summed E-state index contributed by atoms with van der Waals surface area (Å²) in [6.07, 6.45) is 0.993. The SMILES string of the molecule is BC1C[P@]1(C)=O. The van der Waals surface area contributed by atoms with Gasteiger partial charge in [-0.2, -0.15) is 0 Å². The number of rotatable bonds is 0. The lowest BCUT2D eigenvalue weighted by molar-refractivity contribution is 0.591. The van der Waals surface area contributed by atoms with Gasteiger partial charge in [0.2, 0.25) is 0 Å². The molecule has 0 aliphatic carbocycles. The Morgan fingerprint density at radius 1 is 2.00 bits per heavy atom. The Morgan fingerprint density at radius 3 is 2.17 bits per heavy atom. The minimum Gasteiger partial charge on any atom is -0.324 e. The molecule has 1 heterocycles. The first kappa shape index (κ1) is 4.45. The predicted octanol–water partition coefficient (Wildman–Crippen LogP) is -0.0479. The molecule has 3 heteroatoms. The van der Waals surface area contributed by atoms with Gasteiger partial charge in [0.15, 0.2) is 0 Å². The fourth-order valence-corrected chi connectivity index (χ4v) is 2.12. The van der Waals surface area contributed by atoms with Crippen molar-refractivity contribution in [1.82, 2.24) is 0 Å². The second-order valence-electron chi connectivity index (χ2n) is 2.21. The molecule has 2 atom stereocenters. The largest absolute Gasteiger partial charge is 0.324 e. The van der Waals surface area contributed by atoms with Gasteiger partial charge in [-0.05, 0) is 12.2 Å². The molecule has 0 aromatic carbocycles. The van der Waals surface area contributed by atoms with Crippen LogP contribution in [0, 0.1) is 0 Å². The topological polar surface area (TPSA) is 17.1 Å². The zero-order valence-electron chi connectivity index (χ0n) is 4.14. The van der Waals surface area contributed by atoms with Crippen molar-refractivity contribution in [3.63, 3.8) is 0 Å². The van der Waals surface area contributed by atoms with Crippen molar-refractivity contribution >= 4 is 15.0 Å². The minimum absolute atomic E-state index is 0.553. The molecule has 34 valence electrons. The van der Waals surface area contributed by atoms with E-state index in [1.807, 2.05) is 14.5 Å². The molecule has 1 rings (SSSR count). The van der Waals surface area contributed by atoms with E-state index in [2.05, 4.69) is 0 Å². The lowest BCUT2D eigenvalue weighted by atomic mass is 10.1. The average Bonchev–Trinajstić information content (AvgIpc) is 1.73. The van der Waals surface area contributed by atoms with Gasteiger partial charge >= 0.3 is 0 Å². The number of hydrogen-bond acceptors (Lipinski definition) is 1. The maximum absolute atomic E-state index is 10.7. The second kappa shape index (κ2) is 0.922. The van der Waals surface area contributed by atoms with Crippen LogP contribution in [0.3, 0.4) is 0 Å². The molecule has 1 saturated heterocycles. The zero-order chi connectivity index (χ0) is 4.78. The average molecular weight is 102 g/mol. The molecule has 0 bridgehead atoms. The molecule has 0 aromatic heterocycles. The first-order valence-electron chi connectivity index (χ1n) is 2.19. The smallest absolute Gasteiger partial charge is 0.115 e. The standard InChI is InChI=1S/C3H8BOP/c1-6(5)2-3(6)4/h3H,2,4H2,1H3/t3?,6-/m0/s1. The monoisotopic (exact) mass is 102 g/mol. The van der Waals surface area contributed by atoms with Crippen LogP contribution in [0.15, 0.2) is 0 Å². The summed E-state index contributed by atoms with van der Waals surface area (Å²) >= 11 is 0. The second-order valence-corrected chi connectivity index (χ2v) is 5.80. The van der Waals surface area contributed by atoms with Crippen molar-refractivity contribution in [2.45, 2.75) is 5.56 Å². The van der Waals surface area contributed by atoms with E-state index in [0.29, 0.717) is 5.56 Å². The summed E-state index contributed by atoms with van der Waals surface area (Å²) < 4.78 is 10.7. The Bertz CT molecular complexity index is 111. The third kappa shape index (κ3) is 0.540. The summed E-state index contributed by atoms with van der Waals surface area (Å²) in [5.74, 6) is 0. The molecule has 6 heavy (non-hydrogen) atoms. The molecule has 1 aliphatic heterocycles. The molecule has 0 saturated carbocycles. The molecule has 0 radical (unpaired) electrons. The van der Waals surface area contributed by atoms with Gasteiger partial charge in [-0.25, -0.2) is 0 Å². The van der Waals surface area contributed by atoms with E-state index in [4.69, 9.17) is 0 Å². The quantitative estimate of drug-likeness (QED) is 0.309. The van der Waals surface area contributed by atoms with E-state index < -0.39 is 7.14 Å². The van der Waals surface area contributed by atoms with Crippen molar-refractivity contribution in [3.8, 4) is 0 Å². The van der Waals surface area contributed by atoms with Gasteiger partial charge < -0.3 is 4.57 Å². The van der Waals surface area contributed by atoms with Crippen molar-refractivity contribution in [2.75, 3.05) is 12.8 Å². The van der Waals surface area contributed by atoms with Gasteiger partial charge in [0.25, 0.3) is 0 Å². The highest BCUT2D eigenvalue weighted by molar-refractivity contribution is 7.73. The maximum atomic E-state index is 10.7. The summed E-state index contributed by atoms with van der Waals surface area (Å²) in [6, 6.07) is 0. The summed E-state index contributed by atoms with van der Waals surface area (Å²) in [5.41, 5.74) is 0.553. The van der Waals surface area contributed by atoms with Crippen LogP contribution in [0.4, 0.5) is 0 Å². The third-order valence-corrected chi connectivity index (χ3v) is 4.28. The Kier molecular flexibility index (Phi) is 0.684. The van der Waals surface area contributed by atoms with Crippen molar-refractivity contribution in [3.05, 3.63) is 0 Å². The highest BCUT2D eigenvalue weighted by Crippen LogP contribution is 2.62. The van der Waals surface area contributed by atoms with E-state index in [1.165, 1.54) is 0 Å². The van der Waals surface area contributed by atoms with Crippen molar-refractivity contribution in [1.29, 1.82) is 0 Å². The molecular formula is C3H8BOP. The van der Waals surface area contributed by atoms with Crippen LogP contribution in [0.2, 0.25) is 0 Å². The number of hydrogen-bond donors (Lipinski definition) is 0. The van der Waals surface area contributed by atoms with Gasteiger partial charge in [-0.15, -0.1) is 0 Å². The van der Waals surface area contributed by atoms with Gasteiger partial charge in [-0.1, -0.05) is 0 Å². The molecule has 0 N–H and O–H groups in total. The Labute approximate surface area is 38.9 Å².